The second kappa shape index (κ2) is 10.1. The van der Waals surface area contributed by atoms with Gasteiger partial charge in [0.25, 0.3) is 0 Å². The molecule has 0 saturated carbocycles. The molecule has 0 radical (unpaired) electrons. The van der Waals surface area contributed by atoms with E-state index in [4.69, 9.17) is 4.74 Å². The first-order chi connectivity index (χ1) is 15.8. The average Bonchev–Trinajstić information content (AvgIpc) is 2.83. The number of Topliss-reactive ketones (excluding diaryl/α,β-unsaturated/α-hetero) is 2. The van der Waals surface area contributed by atoms with E-state index in [1.54, 1.807) is 13.0 Å². The van der Waals surface area contributed by atoms with Gasteiger partial charge in [0.15, 0.2) is 11.6 Å². The molecule has 0 spiro atoms. The number of carbonyl (C=O) groups excluding carboxylic acids is 3. The van der Waals surface area contributed by atoms with E-state index in [1.165, 1.54) is 11.6 Å². The molecule has 4 nitrogen and oxygen atoms in total. The van der Waals surface area contributed by atoms with Crippen molar-refractivity contribution < 1.29 is 19.1 Å². The smallest absolute Gasteiger partial charge is 0.320 e. The first-order valence-electron chi connectivity index (χ1n) is 11.4. The van der Waals surface area contributed by atoms with Gasteiger partial charge in [-0.3, -0.25) is 14.4 Å². The second-order valence-corrected chi connectivity index (χ2v) is 9.25. The SMILES string of the molecule is C=CCOC(=O)C1(C)CCc2ccccc2C1=O.C=CC[C@]1(C)CCc2ccccc2C1=O. The number of ether oxygens (including phenoxy) is 1. The maximum absolute atomic E-state index is 12.4. The molecule has 0 aliphatic heterocycles. The topological polar surface area (TPSA) is 60.4 Å². The van der Waals surface area contributed by atoms with E-state index in [9.17, 15) is 14.4 Å². The lowest BCUT2D eigenvalue weighted by Crippen LogP contribution is -2.41. The number of carbonyl (C=O) groups is 3. The van der Waals surface area contributed by atoms with Gasteiger partial charge in [0.1, 0.15) is 12.0 Å². The van der Waals surface area contributed by atoms with Crippen LogP contribution in [0, 0.1) is 10.8 Å². The Bertz CT molecular complexity index is 1080. The number of ketones is 2. The van der Waals surface area contributed by atoms with Crippen LogP contribution in [0.5, 0.6) is 0 Å². The van der Waals surface area contributed by atoms with Crippen molar-refractivity contribution in [2.45, 2.75) is 46.0 Å². The number of fused-ring (bicyclic) bond motifs is 2. The Labute approximate surface area is 196 Å². The van der Waals surface area contributed by atoms with Crippen molar-refractivity contribution in [2.24, 2.45) is 10.8 Å². The lowest BCUT2D eigenvalue weighted by Gasteiger charge is -2.32. The van der Waals surface area contributed by atoms with E-state index >= 15 is 0 Å². The van der Waals surface area contributed by atoms with Crippen LogP contribution in [0.15, 0.2) is 73.8 Å². The summed E-state index contributed by atoms with van der Waals surface area (Å²) in [6, 6.07) is 15.4. The van der Waals surface area contributed by atoms with E-state index in [1.807, 2.05) is 49.4 Å². The normalized spacial score (nSPS) is 23.3. The third kappa shape index (κ3) is 4.90. The first-order valence-corrected chi connectivity index (χ1v) is 11.4. The number of rotatable bonds is 5. The van der Waals surface area contributed by atoms with Crippen molar-refractivity contribution in [1.29, 1.82) is 0 Å². The van der Waals surface area contributed by atoms with Crippen LogP contribution in [-0.2, 0) is 22.4 Å². The third-order valence-electron chi connectivity index (χ3n) is 6.79. The van der Waals surface area contributed by atoms with Gasteiger partial charge in [-0.2, -0.15) is 0 Å². The van der Waals surface area contributed by atoms with Crippen LogP contribution in [0.1, 0.15) is 65.0 Å². The summed E-state index contributed by atoms with van der Waals surface area (Å²) in [6.07, 6.45) is 7.30. The van der Waals surface area contributed by atoms with Crippen molar-refractivity contribution in [3.8, 4) is 0 Å². The Kier molecular flexibility index (Phi) is 7.47. The molecule has 1 unspecified atom stereocenters. The highest BCUT2D eigenvalue weighted by Gasteiger charge is 2.45. The lowest BCUT2D eigenvalue weighted by atomic mass is 9.70. The second-order valence-electron chi connectivity index (χ2n) is 9.25. The van der Waals surface area contributed by atoms with Crippen LogP contribution < -0.4 is 0 Å². The van der Waals surface area contributed by atoms with Crippen molar-refractivity contribution in [2.75, 3.05) is 6.61 Å². The molecule has 0 heterocycles. The maximum Gasteiger partial charge on any atom is 0.320 e. The van der Waals surface area contributed by atoms with Crippen LogP contribution in [0.25, 0.3) is 0 Å². The Hall–Kier alpha value is -3.27. The fraction of sp³-hybridized carbons (Fsp3) is 0.345. The van der Waals surface area contributed by atoms with Gasteiger partial charge in [-0.25, -0.2) is 0 Å². The van der Waals surface area contributed by atoms with E-state index in [0.29, 0.717) is 12.0 Å². The fourth-order valence-corrected chi connectivity index (χ4v) is 4.57. The number of allylic oxidation sites excluding steroid dienone is 1. The number of hydrogen-bond acceptors (Lipinski definition) is 4. The molecule has 2 aromatic carbocycles. The van der Waals surface area contributed by atoms with Crippen LogP contribution in [0.4, 0.5) is 0 Å². The molecule has 33 heavy (non-hydrogen) atoms. The van der Waals surface area contributed by atoms with E-state index in [2.05, 4.69) is 19.2 Å². The van der Waals surface area contributed by atoms with Crippen LogP contribution in [0.3, 0.4) is 0 Å². The Morgan fingerprint density at radius 1 is 0.879 bits per heavy atom. The largest absolute Gasteiger partial charge is 0.461 e. The van der Waals surface area contributed by atoms with Gasteiger partial charge >= 0.3 is 5.97 Å². The Morgan fingerprint density at radius 3 is 2.00 bits per heavy atom. The van der Waals surface area contributed by atoms with Crippen molar-refractivity contribution in [3.63, 3.8) is 0 Å². The summed E-state index contributed by atoms with van der Waals surface area (Å²) in [5.74, 6) is -0.315. The number of benzene rings is 2. The molecule has 172 valence electrons. The molecule has 0 aromatic heterocycles. The molecule has 2 aromatic rings. The van der Waals surface area contributed by atoms with Crippen molar-refractivity contribution in [3.05, 3.63) is 96.1 Å². The Balaban J connectivity index is 0.000000189. The summed E-state index contributed by atoms with van der Waals surface area (Å²) in [5, 5.41) is 0. The third-order valence-corrected chi connectivity index (χ3v) is 6.79. The predicted molar refractivity (Wildman–Crippen MR) is 130 cm³/mol. The van der Waals surface area contributed by atoms with E-state index < -0.39 is 11.4 Å². The van der Waals surface area contributed by atoms with Gasteiger partial charge in [0.2, 0.25) is 0 Å². The minimum Gasteiger partial charge on any atom is -0.461 e. The lowest BCUT2D eigenvalue weighted by molar-refractivity contribution is -0.151. The van der Waals surface area contributed by atoms with Crippen molar-refractivity contribution in [1.82, 2.24) is 0 Å². The summed E-state index contributed by atoms with van der Waals surface area (Å²) >= 11 is 0. The van der Waals surface area contributed by atoms with Crippen LogP contribution in [-0.4, -0.2) is 24.1 Å². The van der Waals surface area contributed by atoms with Gasteiger partial charge < -0.3 is 4.74 Å². The van der Waals surface area contributed by atoms with E-state index in [-0.39, 0.29) is 23.6 Å². The quantitative estimate of drug-likeness (QED) is 0.325. The van der Waals surface area contributed by atoms with Crippen molar-refractivity contribution >= 4 is 17.5 Å². The molecule has 2 aliphatic carbocycles. The number of hydrogen-bond donors (Lipinski definition) is 0. The molecule has 4 rings (SSSR count). The van der Waals surface area contributed by atoms with Gasteiger partial charge in [-0.05, 0) is 50.2 Å². The highest BCUT2D eigenvalue weighted by molar-refractivity contribution is 6.13. The summed E-state index contributed by atoms with van der Waals surface area (Å²) in [6.45, 7) is 11.1. The fourth-order valence-electron chi connectivity index (χ4n) is 4.57. The van der Waals surface area contributed by atoms with E-state index in [0.717, 1.165) is 36.8 Å². The zero-order chi connectivity index (χ0) is 24.1. The van der Waals surface area contributed by atoms with Gasteiger partial charge in [0.05, 0.1) is 0 Å². The maximum atomic E-state index is 12.4. The molecular formula is C29H32O4. The zero-order valence-electron chi connectivity index (χ0n) is 19.6. The average molecular weight is 445 g/mol. The summed E-state index contributed by atoms with van der Waals surface area (Å²) in [5.41, 5.74) is 2.48. The minimum atomic E-state index is -1.06. The first kappa shape index (κ1) is 24.4. The number of aryl methyl sites for hydroxylation is 2. The Morgan fingerprint density at radius 2 is 1.42 bits per heavy atom. The highest BCUT2D eigenvalue weighted by Crippen LogP contribution is 2.38. The molecular weight excluding hydrogens is 412 g/mol. The van der Waals surface area contributed by atoms with Crippen LogP contribution >= 0.6 is 0 Å². The standard InChI is InChI=1S/C15H16O3.C14H16O/c1-3-10-18-14(17)15(2)9-8-11-6-4-5-7-12(11)13(15)16;1-3-9-14(2)10-8-11-6-4-5-7-12(11)13(14)15/h3-7H,1,8-10H2,2H3;3-7H,1,8-10H2,2H3/t;14-/m.1/s1. The molecule has 0 N–H and O–H groups in total. The molecule has 0 bridgehead atoms. The molecule has 4 heteroatoms. The monoisotopic (exact) mass is 444 g/mol. The van der Waals surface area contributed by atoms with Gasteiger partial charge in [-0.1, -0.05) is 74.2 Å². The minimum absolute atomic E-state index is 0.140. The molecule has 0 saturated heterocycles. The van der Waals surface area contributed by atoms with Gasteiger partial charge in [-0.15, -0.1) is 6.58 Å². The summed E-state index contributed by atoms with van der Waals surface area (Å²) in [4.78, 5) is 36.7. The summed E-state index contributed by atoms with van der Waals surface area (Å²) in [7, 11) is 0. The molecule has 2 aliphatic rings. The number of esters is 1. The molecule has 0 fully saturated rings. The van der Waals surface area contributed by atoms with Gasteiger partial charge in [0, 0.05) is 16.5 Å². The highest BCUT2D eigenvalue weighted by atomic mass is 16.5. The zero-order valence-corrected chi connectivity index (χ0v) is 19.6. The predicted octanol–water partition coefficient (Wildman–Crippen LogP) is 5.95. The molecule has 2 atom stereocenters. The summed E-state index contributed by atoms with van der Waals surface area (Å²) < 4.78 is 5.04. The molecule has 0 amide bonds. The van der Waals surface area contributed by atoms with Crippen LogP contribution in [0.2, 0.25) is 0 Å².